The van der Waals surface area contributed by atoms with E-state index in [9.17, 15) is 22.8 Å². The highest BCUT2D eigenvalue weighted by Gasteiger charge is 2.67. The van der Waals surface area contributed by atoms with Gasteiger partial charge < -0.3 is 0 Å². The van der Waals surface area contributed by atoms with Crippen LogP contribution in [-0.2, 0) is 11.2 Å². The number of aromatic amines is 1. The Hall–Kier alpha value is -3.00. The average molecular weight is 488 g/mol. The van der Waals surface area contributed by atoms with Crippen LogP contribution in [0, 0.1) is 5.41 Å². The molecule has 2 aromatic carbocycles. The first-order valence-corrected chi connectivity index (χ1v) is 11.5. The number of H-pyrrole nitrogens is 1. The van der Waals surface area contributed by atoms with Crippen molar-refractivity contribution in [3.8, 4) is 22.8 Å². The average Bonchev–Trinajstić information content (AvgIpc) is 3.70. The summed E-state index contributed by atoms with van der Waals surface area (Å²) >= 11 is 6.36. The van der Waals surface area contributed by atoms with E-state index < -0.39 is 23.1 Å². The Balaban J connectivity index is 1.41. The van der Waals surface area contributed by atoms with Crippen molar-refractivity contribution in [2.24, 2.45) is 5.41 Å². The summed E-state index contributed by atoms with van der Waals surface area (Å²) in [5.41, 5.74) is 0.181. The maximum Gasteiger partial charge on any atom is 0.401 e. The zero-order valence-corrected chi connectivity index (χ0v) is 18.8. The number of hydrogen-bond donors (Lipinski definition) is 1. The maximum atomic E-state index is 13.2. The Morgan fingerprint density at radius 1 is 1.12 bits per heavy atom. The van der Waals surface area contributed by atoms with E-state index >= 15 is 0 Å². The molecule has 2 saturated carbocycles. The second-order valence-corrected chi connectivity index (χ2v) is 9.45. The molecule has 1 aromatic heterocycles. The van der Waals surface area contributed by atoms with Crippen LogP contribution in [0.4, 0.5) is 13.2 Å². The molecule has 0 atom stereocenters. The molecule has 0 amide bonds. The smallest absolute Gasteiger partial charge is 0.299 e. The highest BCUT2D eigenvalue weighted by atomic mass is 35.5. The minimum atomic E-state index is -4.51. The molecular formula is C25H21ClF3N3O2. The highest BCUT2D eigenvalue weighted by molar-refractivity contribution is 6.33. The van der Waals surface area contributed by atoms with Crippen LogP contribution in [0.2, 0.25) is 5.02 Å². The molecule has 5 rings (SSSR count). The molecule has 0 spiro atoms. The summed E-state index contributed by atoms with van der Waals surface area (Å²) in [5, 5.41) is 0.316. The fourth-order valence-corrected chi connectivity index (χ4v) is 4.45. The van der Waals surface area contributed by atoms with Crippen molar-refractivity contribution in [3.63, 3.8) is 0 Å². The predicted molar refractivity (Wildman–Crippen MR) is 122 cm³/mol. The molecular weight excluding hydrogens is 467 g/mol. The second kappa shape index (κ2) is 8.34. The van der Waals surface area contributed by atoms with Crippen molar-refractivity contribution in [1.82, 2.24) is 15.0 Å². The minimum absolute atomic E-state index is 0.131. The van der Waals surface area contributed by atoms with E-state index in [1.165, 1.54) is 5.56 Å². The standard InChI is InChI=1S/C25H21ClF3N3O2/c26-19-8-4-14(5-9-20(33)24(10-11-24)25(27,28)29)12-18(19)22-30-21(31-23(34)32-22)17-3-1-2-16(13-17)15-6-7-15/h1-4,8,12-13,15H,5-7,9-11H2,(H,30,31,32,34). The van der Waals surface area contributed by atoms with E-state index in [1.807, 2.05) is 24.3 Å². The van der Waals surface area contributed by atoms with Gasteiger partial charge in [0, 0.05) is 17.5 Å². The molecule has 0 radical (unpaired) electrons. The molecule has 0 unspecified atom stereocenters. The second-order valence-electron chi connectivity index (χ2n) is 9.04. The summed E-state index contributed by atoms with van der Waals surface area (Å²) in [4.78, 5) is 35.7. The number of carbonyl (C=O) groups is 1. The van der Waals surface area contributed by atoms with Gasteiger partial charge in [0.05, 0.1) is 5.02 Å². The minimum Gasteiger partial charge on any atom is -0.299 e. The Labute approximate surface area is 198 Å². The molecule has 2 aliphatic rings. The molecule has 0 saturated heterocycles. The van der Waals surface area contributed by atoms with Gasteiger partial charge in [0.1, 0.15) is 17.0 Å². The number of rotatable bonds is 7. The van der Waals surface area contributed by atoms with Crippen molar-refractivity contribution < 1.29 is 18.0 Å². The molecule has 34 heavy (non-hydrogen) atoms. The fraction of sp³-hybridized carbons (Fsp3) is 0.360. The SMILES string of the molecule is O=C(CCc1ccc(Cl)c(-c2nc(-c3cccc(C4CC4)c3)nc(=O)[nH]2)c1)C1(C(F)(F)F)CC1. The Morgan fingerprint density at radius 2 is 1.88 bits per heavy atom. The van der Waals surface area contributed by atoms with Gasteiger partial charge in [0.15, 0.2) is 5.82 Å². The third-order valence-electron chi connectivity index (χ3n) is 6.60. The van der Waals surface area contributed by atoms with Crippen LogP contribution >= 0.6 is 11.6 Å². The van der Waals surface area contributed by atoms with E-state index in [0.717, 1.165) is 18.4 Å². The quantitative estimate of drug-likeness (QED) is 0.452. The third-order valence-corrected chi connectivity index (χ3v) is 6.93. The van der Waals surface area contributed by atoms with Crippen molar-refractivity contribution in [2.45, 2.75) is 50.6 Å². The molecule has 9 heteroatoms. The topological polar surface area (TPSA) is 75.7 Å². The summed E-state index contributed by atoms with van der Waals surface area (Å²) in [5.74, 6) is 0.213. The van der Waals surface area contributed by atoms with Crippen LogP contribution in [-0.4, -0.2) is 26.9 Å². The van der Waals surface area contributed by atoms with Gasteiger partial charge in [-0.15, -0.1) is 0 Å². The number of alkyl halides is 3. The van der Waals surface area contributed by atoms with Gasteiger partial charge in [0.2, 0.25) is 0 Å². The number of nitrogens with zero attached hydrogens (tertiary/aromatic N) is 2. The van der Waals surface area contributed by atoms with Crippen molar-refractivity contribution >= 4 is 17.4 Å². The van der Waals surface area contributed by atoms with Crippen LogP contribution in [0.5, 0.6) is 0 Å². The fourth-order valence-electron chi connectivity index (χ4n) is 4.24. The van der Waals surface area contributed by atoms with Gasteiger partial charge in [-0.25, -0.2) is 9.78 Å². The Bertz CT molecular complexity index is 1330. The largest absolute Gasteiger partial charge is 0.401 e. The number of Topliss-reactive ketones (excluding diaryl/α,β-unsaturated/α-hetero) is 1. The van der Waals surface area contributed by atoms with E-state index in [2.05, 4.69) is 15.0 Å². The van der Waals surface area contributed by atoms with E-state index in [0.29, 0.717) is 22.1 Å². The number of carbonyl (C=O) groups excluding carboxylic acids is 1. The molecule has 0 bridgehead atoms. The predicted octanol–water partition coefficient (Wildman–Crippen LogP) is 5.87. The van der Waals surface area contributed by atoms with E-state index in [1.54, 1.807) is 18.2 Å². The lowest BCUT2D eigenvalue weighted by Crippen LogP contribution is -2.32. The summed E-state index contributed by atoms with van der Waals surface area (Å²) < 4.78 is 39.6. The van der Waals surface area contributed by atoms with Crippen molar-refractivity contribution in [2.75, 3.05) is 0 Å². The van der Waals surface area contributed by atoms with Crippen LogP contribution in [0.1, 0.15) is 49.1 Å². The van der Waals surface area contributed by atoms with E-state index in [4.69, 9.17) is 11.6 Å². The molecule has 5 nitrogen and oxygen atoms in total. The summed E-state index contributed by atoms with van der Waals surface area (Å²) in [6, 6.07) is 12.7. The van der Waals surface area contributed by atoms with Crippen LogP contribution in [0.25, 0.3) is 22.8 Å². The molecule has 3 aromatic rings. The lowest BCUT2D eigenvalue weighted by Gasteiger charge is -2.17. The van der Waals surface area contributed by atoms with Gasteiger partial charge in [-0.2, -0.15) is 18.2 Å². The molecule has 2 aliphatic carbocycles. The number of halogens is 4. The van der Waals surface area contributed by atoms with Crippen molar-refractivity contribution in [3.05, 3.63) is 69.1 Å². The summed E-state index contributed by atoms with van der Waals surface area (Å²) in [7, 11) is 0. The van der Waals surface area contributed by atoms with E-state index in [-0.39, 0.29) is 37.3 Å². The Kier molecular flexibility index (Phi) is 5.59. The molecule has 1 heterocycles. The van der Waals surface area contributed by atoms with Gasteiger partial charge in [0.25, 0.3) is 0 Å². The molecule has 2 fully saturated rings. The normalized spacial score (nSPS) is 16.9. The number of nitrogens with one attached hydrogen (secondary N) is 1. The third kappa shape index (κ3) is 4.39. The number of benzene rings is 2. The van der Waals surface area contributed by atoms with Gasteiger partial charge >= 0.3 is 11.9 Å². The number of hydrogen-bond acceptors (Lipinski definition) is 4. The lowest BCUT2D eigenvalue weighted by molar-refractivity contribution is -0.190. The number of aromatic nitrogens is 3. The zero-order chi connectivity index (χ0) is 24.1. The zero-order valence-electron chi connectivity index (χ0n) is 18.1. The molecule has 0 aliphatic heterocycles. The number of ketones is 1. The first-order valence-electron chi connectivity index (χ1n) is 11.1. The van der Waals surface area contributed by atoms with Crippen LogP contribution < -0.4 is 5.69 Å². The monoisotopic (exact) mass is 487 g/mol. The first kappa shape index (κ1) is 22.8. The van der Waals surface area contributed by atoms with Crippen LogP contribution in [0.3, 0.4) is 0 Å². The highest BCUT2D eigenvalue weighted by Crippen LogP contribution is 2.58. The van der Waals surface area contributed by atoms with Gasteiger partial charge in [-0.3, -0.25) is 9.78 Å². The summed E-state index contributed by atoms with van der Waals surface area (Å²) in [6.07, 6.45) is -2.61. The first-order chi connectivity index (χ1) is 16.2. The van der Waals surface area contributed by atoms with Gasteiger partial charge in [-0.1, -0.05) is 35.9 Å². The van der Waals surface area contributed by atoms with Crippen molar-refractivity contribution in [1.29, 1.82) is 0 Å². The summed E-state index contributed by atoms with van der Waals surface area (Å²) in [6.45, 7) is 0. The molecule has 1 N–H and O–H groups in total. The lowest BCUT2D eigenvalue weighted by atomic mass is 9.94. The maximum absolute atomic E-state index is 13.2. The van der Waals surface area contributed by atoms with Gasteiger partial charge in [-0.05, 0) is 67.3 Å². The number of aryl methyl sites for hydroxylation is 1. The Morgan fingerprint density at radius 3 is 2.56 bits per heavy atom. The van der Waals surface area contributed by atoms with Crippen LogP contribution in [0.15, 0.2) is 47.3 Å². The molecule has 176 valence electrons.